The molecule has 3 amide bonds. The third-order valence-electron chi connectivity index (χ3n) is 6.42. The van der Waals surface area contributed by atoms with Gasteiger partial charge in [0.25, 0.3) is 5.91 Å². The van der Waals surface area contributed by atoms with Crippen molar-refractivity contribution in [1.82, 2.24) is 14.7 Å². The summed E-state index contributed by atoms with van der Waals surface area (Å²) in [6, 6.07) is 7.85. The van der Waals surface area contributed by atoms with Crippen LogP contribution >= 0.6 is 0 Å². The number of nitrogens with zero attached hydrogens (tertiary/aromatic N) is 3. The van der Waals surface area contributed by atoms with Crippen LogP contribution in [0.4, 0.5) is 5.69 Å². The number of carbonyl (C=O) groups is 4. The summed E-state index contributed by atoms with van der Waals surface area (Å²) in [7, 11) is 0. The Bertz CT molecular complexity index is 1080. The van der Waals surface area contributed by atoms with Crippen LogP contribution in [0.3, 0.4) is 0 Å². The molecule has 0 spiro atoms. The molecule has 1 N–H and O–H groups in total. The lowest BCUT2D eigenvalue weighted by atomic mass is 9.81. The average molecular weight is 453 g/mol. The Labute approximate surface area is 192 Å². The molecular weight excluding hydrogens is 424 g/mol. The lowest BCUT2D eigenvalue weighted by Crippen LogP contribution is -2.37. The number of aromatic nitrogens is 2. The van der Waals surface area contributed by atoms with Crippen LogP contribution in [0.5, 0.6) is 0 Å². The highest BCUT2D eigenvalue weighted by atomic mass is 16.5. The van der Waals surface area contributed by atoms with Gasteiger partial charge in [-0.2, -0.15) is 5.10 Å². The molecule has 9 heteroatoms. The van der Waals surface area contributed by atoms with Crippen molar-refractivity contribution in [2.75, 3.05) is 18.5 Å². The molecule has 1 saturated carbocycles. The molecular formula is C24H28N4O5. The number of aryl methyl sites for hydroxylation is 2. The maximum Gasteiger partial charge on any atom is 0.326 e. The average Bonchev–Trinajstić information content (AvgIpc) is 3.21. The summed E-state index contributed by atoms with van der Waals surface area (Å²) in [5.74, 6) is -2.56. The van der Waals surface area contributed by atoms with Crippen LogP contribution in [0.1, 0.15) is 42.6 Å². The molecule has 2 aromatic rings. The first kappa shape index (κ1) is 22.7. The van der Waals surface area contributed by atoms with Crippen LogP contribution in [0.25, 0.3) is 5.69 Å². The van der Waals surface area contributed by atoms with Crippen molar-refractivity contribution in [3.05, 3.63) is 41.2 Å². The molecule has 0 radical (unpaired) electrons. The molecule has 2 aliphatic rings. The molecule has 4 rings (SSSR count). The Kier molecular flexibility index (Phi) is 6.31. The number of imide groups is 1. The topological polar surface area (TPSA) is 111 Å². The van der Waals surface area contributed by atoms with E-state index < -0.39 is 25.0 Å². The van der Waals surface area contributed by atoms with Gasteiger partial charge in [-0.15, -0.1) is 0 Å². The number of anilines is 1. The van der Waals surface area contributed by atoms with E-state index in [2.05, 4.69) is 10.4 Å². The van der Waals surface area contributed by atoms with Crippen molar-refractivity contribution in [3.8, 4) is 5.69 Å². The van der Waals surface area contributed by atoms with Gasteiger partial charge >= 0.3 is 5.97 Å². The molecule has 1 aromatic heterocycles. The smallest absolute Gasteiger partial charge is 0.326 e. The minimum Gasteiger partial charge on any atom is -0.454 e. The Morgan fingerprint density at radius 3 is 2.24 bits per heavy atom. The molecule has 1 saturated heterocycles. The number of carbonyl (C=O) groups excluding carboxylic acids is 4. The second kappa shape index (κ2) is 9.17. The molecule has 2 heterocycles. The molecule has 2 unspecified atom stereocenters. The second-order valence-electron chi connectivity index (χ2n) is 8.76. The number of rotatable bonds is 6. The molecule has 2 atom stereocenters. The molecule has 1 aliphatic carbocycles. The Hall–Kier alpha value is -3.49. The number of amides is 3. The van der Waals surface area contributed by atoms with Crippen molar-refractivity contribution in [2.45, 2.75) is 46.5 Å². The van der Waals surface area contributed by atoms with Crippen LogP contribution in [0.2, 0.25) is 0 Å². The zero-order valence-electron chi connectivity index (χ0n) is 19.1. The van der Waals surface area contributed by atoms with E-state index in [0.717, 1.165) is 34.7 Å². The molecule has 9 nitrogen and oxygen atoms in total. The second-order valence-corrected chi connectivity index (χ2v) is 8.76. The van der Waals surface area contributed by atoms with Crippen LogP contribution in [0, 0.1) is 32.6 Å². The van der Waals surface area contributed by atoms with E-state index >= 15 is 0 Å². The van der Waals surface area contributed by atoms with E-state index in [-0.39, 0.29) is 23.7 Å². The minimum absolute atomic E-state index is 0.305. The zero-order chi connectivity index (χ0) is 23.7. The molecule has 1 aliphatic heterocycles. The van der Waals surface area contributed by atoms with Crippen molar-refractivity contribution >= 4 is 29.4 Å². The first-order chi connectivity index (χ1) is 15.8. The zero-order valence-corrected chi connectivity index (χ0v) is 19.1. The number of fused-ring (bicyclic) bond motifs is 1. The number of ether oxygens (including phenoxy) is 1. The van der Waals surface area contributed by atoms with Gasteiger partial charge in [-0.05, 0) is 45.7 Å². The number of hydrogen-bond donors (Lipinski definition) is 1. The number of esters is 1. The van der Waals surface area contributed by atoms with Crippen molar-refractivity contribution in [3.63, 3.8) is 0 Å². The summed E-state index contributed by atoms with van der Waals surface area (Å²) in [6.45, 7) is 4.65. The predicted octanol–water partition coefficient (Wildman–Crippen LogP) is 2.45. The van der Waals surface area contributed by atoms with E-state index in [9.17, 15) is 19.2 Å². The number of benzene rings is 1. The third-order valence-corrected chi connectivity index (χ3v) is 6.42. The third kappa shape index (κ3) is 4.53. The van der Waals surface area contributed by atoms with Crippen LogP contribution in [-0.2, 0) is 23.9 Å². The predicted molar refractivity (Wildman–Crippen MR) is 120 cm³/mol. The fraction of sp³-hybridized carbons (Fsp3) is 0.458. The van der Waals surface area contributed by atoms with E-state index in [4.69, 9.17) is 4.74 Å². The Morgan fingerprint density at radius 2 is 1.64 bits per heavy atom. The van der Waals surface area contributed by atoms with E-state index in [1.807, 2.05) is 38.1 Å². The minimum atomic E-state index is -0.783. The fourth-order valence-corrected chi connectivity index (χ4v) is 4.64. The standard InChI is InChI=1S/C24H28N4O5/c1-14-8-10-17(11-9-14)28-16(3)22(15(2)26-28)25-20(29)13-33-21(30)12-27-23(31)18-6-4-5-7-19(18)24(27)32/h8-11,18-19H,4-7,12-13H2,1-3H3,(H,25,29). The van der Waals surface area contributed by atoms with Crippen LogP contribution < -0.4 is 5.32 Å². The summed E-state index contributed by atoms with van der Waals surface area (Å²) >= 11 is 0. The highest BCUT2D eigenvalue weighted by Gasteiger charge is 2.48. The SMILES string of the molecule is Cc1ccc(-n2nc(C)c(NC(=O)COC(=O)CN3C(=O)C4CCCCC4C3=O)c2C)cc1. The summed E-state index contributed by atoms with van der Waals surface area (Å²) in [5.41, 5.74) is 3.92. The molecule has 33 heavy (non-hydrogen) atoms. The lowest BCUT2D eigenvalue weighted by Gasteiger charge is -2.19. The van der Waals surface area contributed by atoms with Crippen molar-refractivity contribution in [1.29, 1.82) is 0 Å². The van der Waals surface area contributed by atoms with Gasteiger partial charge in [0.05, 0.1) is 34.6 Å². The monoisotopic (exact) mass is 452 g/mol. The summed E-state index contributed by atoms with van der Waals surface area (Å²) in [5, 5.41) is 7.23. The number of likely N-dealkylation sites (tertiary alicyclic amines) is 1. The summed E-state index contributed by atoms with van der Waals surface area (Å²) in [4.78, 5) is 50.6. The van der Waals surface area contributed by atoms with Gasteiger partial charge in [-0.25, -0.2) is 4.68 Å². The van der Waals surface area contributed by atoms with Gasteiger partial charge in [0, 0.05) is 0 Å². The normalized spacial score (nSPS) is 20.0. The maximum atomic E-state index is 12.5. The number of hydrogen-bond acceptors (Lipinski definition) is 6. The first-order valence-electron chi connectivity index (χ1n) is 11.2. The van der Waals surface area contributed by atoms with Crippen LogP contribution in [0.15, 0.2) is 24.3 Å². The quantitative estimate of drug-likeness (QED) is 0.532. The van der Waals surface area contributed by atoms with E-state index in [1.54, 1.807) is 11.6 Å². The van der Waals surface area contributed by atoms with Crippen molar-refractivity contribution in [2.24, 2.45) is 11.8 Å². The van der Waals surface area contributed by atoms with Crippen molar-refractivity contribution < 1.29 is 23.9 Å². The van der Waals surface area contributed by atoms with Gasteiger partial charge in [0.2, 0.25) is 11.8 Å². The number of nitrogens with one attached hydrogen (secondary N) is 1. The molecule has 1 aromatic carbocycles. The largest absolute Gasteiger partial charge is 0.454 e. The van der Waals surface area contributed by atoms with Gasteiger partial charge in [0.1, 0.15) is 6.54 Å². The van der Waals surface area contributed by atoms with E-state index in [0.29, 0.717) is 24.2 Å². The summed E-state index contributed by atoms with van der Waals surface area (Å²) < 4.78 is 6.78. The highest BCUT2D eigenvalue weighted by molar-refractivity contribution is 6.07. The van der Waals surface area contributed by atoms with Gasteiger partial charge in [-0.3, -0.25) is 24.1 Å². The van der Waals surface area contributed by atoms with Gasteiger partial charge in [-0.1, -0.05) is 30.5 Å². The molecule has 2 fully saturated rings. The lowest BCUT2D eigenvalue weighted by molar-refractivity contribution is -0.154. The maximum absolute atomic E-state index is 12.5. The van der Waals surface area contributed by atoms with Gasteiger partial charge < -0.3 is 10.1 Å². The Balaban J connectivity index is 1.33. The summed E-state index contributed by atoms with van der Waals surface area (Å²) in [6.07, 6.45) is 3.19. The highest BCUT2D eigenvalue weighted by Crippen LogP contribution is 2.37. The van der Waals surface area contributed by atoms with Gasteiger partial charge in [0.15, 0.2) is 6.61 Å². The molecule has 174 valence electrons. The van der Waals surface area contributed by atoms with E-state index in [1.165, 1.54) is 0 Å². The Morgan fingerprint density at radius 1 is 1.03 bits per heavy atom. The fourth-order valence-electron chi connectivity index (χ4n) is 4.64. The van der Waals surface area contributed by atoms with Crippen LogP contribution in [-0.4, -0.2) is 51.5 Å². The molecule has 0 bridgehead atoms. The first-order valence-corrected chi connectivity index (χ1v) is 11.2.